The normalized spacial score (nSPS) is 16.4. The second-order valence-corrected chi connectivity index (χ2v) is 17.6. The van der Waals surface area contributed by atoms with Gasteiger partial charge in [-0.1, -0.05) is 0 Å². The van der Waals surface area contributed by atoms with Crippen LogP contribution in [0.5, 0.6) is 23.0 Å². The Bertz CT molecular complexity index is 2360. The van der Waals surface area contributed by atoms with Crippen LogP contribution in [0.3, 0.4) is 0 Å². The monoisotopic (exact) mass is 927 g/mol. The average Bonchev–Trinajstić information content (AvgIpc) is 4.03. The Hall–Kier alpha value is -7.04. The van der Waals surface area contributed by atoms with Crippen LogP contribution in [0, 0.1) is 0 Å². The fourth-order valence-electron chi connectivity index (χ4n) is 8.28. The molecule has 68 heavy (non-hydrogen) atoms. The fourth-order valence-corrected chi connectivity index (χ4v) is 8.28. The second kappa shape index (κ2) is 23.1. The maximum absolute atomic E-state index is 12.7. The van der Waals surface area contributed by atoms with Gasteiger partial charge in [0.2, 0.25) is 0 Å². The molecule has 2 aromatic heterocycles. The molecule has 0 saturated carbocycles. The van der Waals surface area contributed by atoms with Gasteiger partial charge in [0.25, 0.3) is 11.8 Å². The highest BCUT2D eigenvalue weighted by molar-refractivity contribution is 6.04. The first-order chi connectivity index (χ1) is 32.9. The van der Waals surface area contributed by atoms with Crippen LogP contribution in [0.2, 0.25) is 0 Å². The van der Waals surface area contributed by atoms with E-state index >= 15 is 0 Å². The first-order valence-electron chi connectivity index (χ1n) is 23.2. The minimum absolute atomic E-state index is 0.172. The summed E-state index contributed by atoms with van der Waals surface area (Å²) in [5.74, 6) is 3.74. The van der Waals surface area contributed by atoms with Gasteiger partial charge in [-0.3, -0.25) is 19.8 Å². The number of H-pyrrole nitrogens is 2. The van der Waals surface area contributed by atoms with E-state index in [1.54, 1.807) is 28.4 Å². The van der Waals surface area contributed by atoms with Crippen molar-refractivity contribution in [3.8, 4) is 23.0 Å². The van der Waals surface area contributed by atoms with Crippen LogP contribution < -0.4 is 39.4 Å². The Morgan fingerprint density at radius 3 is 1.21 bits per heavy atom. The topological polar surface area (TPSA) is 165 Å². The highest BCUT2D eigenvalue weighted by Gasteiger charge is 2.23. The predicted molar refractivity (Wildman–Crippen MR) is 268 cm³/mol. The van der Waals surface area contributed by atoms with E-state index < -0.39 is 0 Å². The average molecular weight is 927 g/mol. The van der Waals surface area contributed by atoms with Gasteiger partial charge in [-0.2, -0.15) is 10.2 Å². The van der Waals surface area contributed by atoms with Gasteiger partial charge >= 0.3 is 0 Å². The number of piperazine rings is 2. The molecule has 2 aliphatic heterocycles. The highest BCUT2D eigenvalue weighted by Crippen LogP contribution is 2.26. The molecule has 4 heterocycles. The van der Waals surface area contributed by atoms with E-state index in [1.807, 2.05) is 97.1 Å². The van der Waals surface area contributed by atoms with Gasteiger partial charge in [0.1, 0.15) is 23.0 Å². The number of aromatic nitrogens is 4. The molecule has 2 atom stereocenters. The van der Waals surface area contributed by atoms with Crippen LogP contribution in [-0.4, -0.2) is 136 Å². The quantitative estimate of drug-likeness (QED) is 0.0773. The summed E-state index contributed by atoms with van der Waals surface area (Å²) in [6, 6.07) is 32.0. The summed E-state index contributed by atoms with van der Waals surface area (Å²) in [4.78, 5) is 34.9. The Morgan fingerprint density at radius 2 is 0.882 bits per heavy atom. The Labute approximate surface area is 399 Å². The van der Waals surface area contributed by atoms with Crippen LogP contribution in [0.15, 0.2) is 97.1 Å². The SMILES string of the molecule is COc1cc(CCc2cc(NC(=O)c3ccc(N4CCN(C)[C@H](C)C4)cc3)n[nH]2)cc(OC)c1.COc1cc(CCc2cc(NC(=O)c3ccc(N4CCN(C)[C@H](C)C4)cc3)n[nH]2)cc(OC)c1. The van der Waals surface area contributed by atoms with Gasteiger partial charge < -0.3 is 49.2 Å². The van der Waals surface area contributed by atoms with E-state index in [-0.39, 0.29) is 11.8 Å². The first kappa shape index (κ1) is 48.9. The number of rotatable bonds is 16. The summed E-state index contributed by atoms with van der Waals surface area (Å²) in [5.41, 5.74) is 7.60. The van der Waals surface area contributed by atoms with E-state index in [0.29, 0.717) is 34.8 Å². The maximum Gasteiger partial charge on any atom is 0.256 e. The van der Waals surface area contributed by atoms with Crippen molar-refractivity contribution in [1.29, 1.82) is 0 Å². The fraction of sp³-hybridized carbons (Fsp3) is 0.385. The standard InChI is InChI=1S/2C26H33N5O3/c2*1-18-17-31(12-11-30(18)2)22-9-6-20(7-10-22)26(32)27-25-15-21(28-29-25)8-5-19-13-23(33-3)16-24(14-19)34-4/h2*6-7,9-10,13-16,18H,5,8,11-12,17H2,1-4H3,(H2,27,28,29,32)/t2*18-/m11/s1. The first-order valence-corrected chi connectivity index (χ1v) is 23.2. The number of nitrogens with zero attached hydrogens (tertiary/aromatic N) is 6. The van der Waals surface area contributed by atoms with Gasteiger partial charge in [-0.15, -0.1) is 0 Å². The summed E-state index contributed by atoms with van der Waals surface area (Å²) >= 11 is 0. The van der Waals surface area contributed by atoms with Gasteiger partial charge in [-0.05, 0) is 138 Å². The number of hydrogen-bond acceptors (Lipinski definition) is 12. The zero-order valence-electron chi connectivity index (χ0n) is 40.6. The van der Waals surface area contributed by atoms with Crippen molar-refractivity contribution in [3.63, 3.8) is 0 Å². The molecule has 360 valence electrons. The minimum atomic E-state index is -0.172. The Balaban J connectivity index is 0.000000201. The summed E-state index contributed by atoms with van der Waals surface area (Å²) in [6.45, 7) is 10.5. The van der Waals surface area contributed by atoms with Crippen molar-refractivity contribution >= 4 is 34.8 Å². The molecule has 6 aromatic rings. The number of amides is 2. The van der Waals surface area contributed by atoms with Crippen LogP contribution in [0.4, 0.5) is 23.0 Å². The van der Waals surface area contributed by atoms with Crippen molar-refractivity contribution in [2.24, 2.45) is 0 Å². The number of anilines is 4. The van der Waals surface area contributed by atoms with Crippen molar-refractivity contribution < 1.29 is 28.5 Å². The van der Waals surface area contributed by atoms with Crippen molar-refractivity contribution in [2.75, 3.05) is 102 Å². The number of aromatic amines is 2. The van der Waals surface area contributed by atoms with Crippen molar-refractivity contribution in [1.82, 2.24) is 30.2 Å². The lowest BCUT2D eigenvalue weighted by atomic mass is 10.1. The maximum atomic E-state index is 12.7. The largest absolute Gasteiger partial charge is 0.497 e. The summed E-state index contributed by atoms with van der Waals surface area (Å²) in [6.07, 6.45) is 3.07. The van der Waals surface area contributed by atoms with Crippen LogP contribution in [0.1, 0.15) is 57.1 Å². The van der Waals surface area contributed by atoms with E-state index in [0.717, 1.165) is 122 Å². The molecular weight excluding hydrogens is 861 g/mol. The number of hydrogen-bond donors (Lipinski definition) is 4. The number of ether oxygens (including phenoxy) is 4. The van der Waals surface area contributed by atoms with Gasteiger partial charge in [0.05, 0.1) is 28.4 Å². The van der Waals surface area contributed by atoms with Crippen LogP contribution in [-0.2, 0) is 25.7 Å². The zero-order chi connectivity index (χ0) is 48.2. The predicted octanol–water partition coefficient (Wildman–Crippen LogP) is 7.21. The molecule has 0 bridgehead atoms. The molecule has 2 amide bonds. The van der Waals surface area contributed by atoms with Crippen molar-refractivity contribution in [2.45, 2.75) is 51.6 Å². The molecule has 0 unspecified atom stereocenters. The smallest absolute Gasteiger partial charge is 0.256 e. The van der Waals surface area contributed by atoms with Gasteiger partial charge in [0.15, 0.2) is 11.6 Å². The van der Waals surface area contributed by atoms with E-state index in [4.69, 9.17) is 18.9 Å². The zero-order valence-corrected chi connectivity index (χ0v) is 40.6. The number of nitrogens with one attached hydrogen (secondary N) is 4. The lowest BCUT2D eigenvalue weighted by Gasteiger charge is -2.39. The molecule has 0 radical (unpaired) electrons. The molecule has 0 spiro atoms. The third kappa shape index (κ3) is 13.1. The lowest BCUT2D eigenvalue weighted by Crippen LogP contribution is -2.50. The molecule has 2 fully saturated rings. The van der Waals surface area contributed by atoms with E-state index in [1.165, 1.54) is 0 Å². The number of aryl methyl sites for hydroxylation is 4. The minimum Gasteiger partial charge on any atom is -0.497 e. The number of likely N-dealkylation sites (N-methyl/N-ethyl adjacent to an activating group) is 2. The Kier molecular flexibility index (Phi) is 16.6. The number of benzene rings is 4. The van der Waals surface area contributed by atoms with Crippen molar-refractivity contribution in [3.05, 3.63) is 131 Å². The van der Waals surface area contributed by atoms with Gasteiger partial charge in [-0.25, -0.2) is 0 Å². The molecule has 16 nitrogen and oxygen atoms in total. The number of methoxy groups -OCH3 is 4. The summed E-state index contributed by atoms with van der Waals surface area (Å²) in [7, 11) is 10.9. The van der Waals surface area contributed by atoms with Crippen LogP contribution >= 0.6 is 0 Å². The third-order valence-corrected chi connectivity index (χ3v) is 12.8. The van der Waals surface area contributed by atoms with E-state index in [2.05, 4.69) is 78.6 Å². The molecule has 2 saturated heterocycles. The number of carbonyl (C=O) groups is 2. The molecule has 16 heteroatoms. The molecular formula is C52H66N10O6. The molecule has 4 aromatic carbocycles. The summed E-state index contributed by atoms with van der Waals surface area (Å²) in [5, 5.41) is 20.3. The van der Waals surface area contributed by atoms with Gasteiger partial charge in [0, 0.05) is 110 Å². The molecule has 0 aliphatic carbocycles. The van der Waals surface area contributed by atoms with E-state index in [9.17, 15) is 9.59 Å². The van der Waals surface area contributed by atoms with Crippen LogP contribution in [0.25, 0.3) is 0 Å². The molecule has 8 rings (SSSR count). The highest BCUT2D eigenvalue weighted by atomic mass is 16.5. The Morgan fingerprint density at radius 1 is 0.529 bits per heavy atom. The summed E-state index contributed by atoms with van der Waals surface area (Å²) < 4.78 is 21.4. The molecule has 4 N–H and O–H groups in total. The molecule has 2 aliphatic rings. The number of carbonyl (C=O) groups excluding carboxylic acids is 2. The lowest BCUT2D eigenvalue weighted by molar-refractivity contribution is 0.101. The second-order valence-electron chi connectivity index (χ2n) is 17.6. The third-order valence-electron chi connectivity index (χ3n) is 12.8.